The number of benzene rings is 1. The van der Waals surface area contributed by atoms with Crippen LogP contribution >= 0.6 is 12.2 Å². The van der Waals surface area contributed by atoms with Crippen LogP contribution in [0.25, 0.3) is 0 Å². The Morgan fingerprint density at radius 2 is 2.00 bits per heavy atom. The van der Waals surface area contributed by atoms with E-state index in [4.69, 9.17) is 17.0 Å². The molecule has 0 radical (unpaired) electrons. The fourth-order valence-corrected chi connectivity index (χ4v) is 3.78. The molecule has 2 rings (SSSR count). The van der Waals surface area contributed by atoms with Gasteiger partial charge >= 0.3 is 5.97 Å². The second kappa shape index (κ2) is 11.8. The summed E-state index contributed by atoms with van der Waals surface area (Å²) in [5.74, 6) is -1.63. The van der Waals surface area contributed by atoms with Gasteiger partial charge in [0.2, 0.25) is 5.91 Å². The summed E-state index contributed by atoms with van der Waals surface area (Å²) in [6.45, 7) is 5.69. The molecule has 0 spiro atoms. The van der Waals surface area contributed by atoms with Crippen molar-refractivity contribution in [3.8, 4) is 0 Å². The Balaban J connectivity index is 2.16. The highest BCUT2D eigenvalue weighted by Gasteiger charge is 2.37. The van der Waals surface area contributed by atoms with Crippen LogP contribution in [0.4, 0.5) is 4.39 Å². The third-order valence-electron chi connectivity index (χ3n) is 5.16. The zero-order valence-corrected chi connectivity index (χ0v) is 18.8. The summed E-state index contributed by atoms with van der Waals surface area (Å²) in [5, 5.41) is 18.8. The minimum Gasteiger partial charge on any atom is -0.478 e. The molecule has 1 aliphatic rings. The molecule has 31 heavy (non-hydrogen) atoms. The van der Waals surface area contributed by atoms with Crippen LogP contribution in [0, 0.1) is 5.82 Å². The number of halogens is 1. The first-order chi connectivity index (χ1) is 14.7. The van der Waals surface area contributed by atoms with E-state index in [0.29, 0.717) is 12.1 Å². The highest BCUT2D eigenvalue weighted by molar-refractivity contribution is 7.80. The molecule has 0 aromatic heterocycles. The molecular weight excluding hydrogens is 421 g/mol. The lowest BCUT2D eigenvalue weighted by Crippen LogP contribution is -2.60. The number of hydrogen-bond acceptors (Lipinski definition) is 4. The number of hydrogen-bond donors (Lipinski definition) is 4. The Morgan fingerprint density at radius 3 is 2.58 bits per heavy atom. The number of ether oxygens (including phenoxy) is 1. The molecular formula is C22H30FN3O4S. The summed E-state index contributed by atoms with van der Waals surface area (Å²) in [6, 6.07) is 5.15. The largest absolute Gasteiger partial charge is 0.478 e. The minimum atomic E-state index is -1.04. The van der Waals surface area contributed by atoms with Crippen LogP contribution in [0.3, 0.4) is 0 Å². The maximum Gasteiger partial charge on any atom is 0.331 e. The first-order valence-electron chi connectivity index (χ1n) is 10.4. The van der Waals surface area contributed by atoms with Crippen molar-refractivity contribution in [1.29, 1.82) is 0 Å². The van der Waals surface area contributed by atoms with E-state index in [2.05, 4.69) is 16.0 Å². The van der Waals surface area contributed by atoms with Crippen molar-refractivity contribution in [3.63, 3.8) is 0 Å². The van der Waals surface area contributed by atoms with Gasteiger partial charge in [-0.15, -0.1) is 0 Å². The van der Waals surface area contributed by atoms with Gasteiger partial charge in [0.25, 0.3) is 0 Å². The van der Waals surface area contributed by atoms with E-state index in [1.165, 1.54) is 19.1 Å². The standard InChI is InChI=1S/C22H30FN3O4S/c1-4-17(5-2)30-19-11-15(21(28)29)10-18(20(19)25-13(3)27)26-22(31)24-12-14-7-6-8-16(23)9-14/h6-9,11,17-20H,4-5,10,12H2,1-3H3,(H,25,27)(H,28,29)(H2,24,26,31)/t18-,19+,20+/m0/s1. The zero-order chi connectivity index (χ0) is 23.0. The van der Waals surface area contributed by atoms with Gasteiger partial charge in [0, 0.05) is 25.5 Å². The van der Waals surface area contributed by atoms with E-state index in [9.17, 15) is 19.1 Å². The SMILES string of the molecule is CCC(CC)O[C@@H]1C=C(C(=O)O)C[C@H](NC(=S)NCc2cccc(F)c2)[C@H]1NC(C)=O. The van der Waals surface area contributed by atoms with Crippen LogP contribution in [0.2, 0.25) is 0 Å². The zero-order valence-electron chi connectivity index (χ0n) is 18.0. The predicted molar refractivity (Wildman–Crippen MR) is 120 cm³/mol. The molecule has 1 aliphatic carbocycles. The maximum atomic E-state index is 13.4. The van der Waals surface area contributed by atoms with Gasteiger partial charge in [-0.25, -0.2) is 9.18 Å². The van der Waals surface area contributed by atoms with Gasteiger partial charge in [-0.1, -0.05) is 26.0 Å². The first-order valence-corrected chi connectivity index (χ1v) is 10.8. The summed E-state index contributed by atoms with van der Waals surface area (Å²) >= 11 is 5.37. The van der Waals surface area contributed by atoms with E-state index in [-0.39, 0.29) is 34.9 Å². The van der Waals surface area contributed by atoms with Crippen LogP contribution in [0.1, 0.15) is 45.6 Å². The average Bonchev–Trinajstić information content (AvgIpc) is 2.71. The highest BCUT2D eigenvalue weighted by atomic mass is 32.1. The normalized spacial score (nSPS) is 20.7. The molecule has 0 fully saturated rings. The van der Waals surface area contributed by atoms with Gasteiger partial charge in [-0.3, -0.25) is 4.79 Å². The predicted octanol–water partition coefficient (Wildman–Crippen LogP) is 2.65. The number of thiocarbonyl (C=S) groups is 1. The Bertz CT molecular complexity index is 829. The Morgan fingerprint density at radius 1 is 1.29 bits per heavy atom. The Labute approximate surface area is 187 Å². The molecule has 1 aromatic rings. The maximum absolute atomic E-state index is 13.4. The van der Waals surface area contributed by atoms with Crippen LogP contribution in [-0.4, -0.2) is 46.4 Å². The highest BCUT2D eigenvalue weighted by Crippen LogP contribution is 2.24. The summed E-state index contributed by atoms with van der Waals surface area (Å²) in [5.41, 5.74) is 0.912. The molecule has 1 amide bonds. The molecule has 0 saturated carbocycles. The van der Waals surface area contributed by atoms with E-state index in [1.807, 2.05) is 13.8 Å². The van der Waals surface area contributed by atoms with Gasteiger partial charge in [0.15, 0.2) is 5.11 Å². The number of carbonyl (C=O) groups excluding carboxylic acids is 1. The molecule has 3 atom stereocenters. The molecule has 0 bridgehead atoms. The van der Waals surface area contributed by atoms with Crippen molar-refractivity contribution in [2.75, 3.05) is 0 Å². The fourth-order valence-electron chi connectivity index (χ4n) is 3.56. The molecule has 0 heterocycles. The lowest BCUT2D eigenvalue weighted by Gasteiger charge is -2.38. The number of rotatable bonds is 9. The van der Waals surface area contributed by atoms with Crippen molar-refractivity contribution < 1.29 is 23.8 Å². The quantitative estimate of drug-likeness (QED) is 0.429. The van der Waals surface area contributed by atoms with E-state index in [0.717, 1.165) is 12.8 Å². The molecule has 4 N–H and O–H groups in total. The minimum absolute atomic E-state index is 0.0654. The van der Waals surface area contributed by atoms with E-state index < -0.39 is 24.2 Å². The lowest BCUT2D eigenvalue weighted by molar-refractivity contribution is -0.133. The van der Waals surface area contributed by atoms with Crippen molar-refractivity contribution in [1.82, 2.24) is 16.0 Å². The third kappa shape index (κ3) is 7.59. The van der Waals surface area contributed by atoms with Gasteiger partial charge < -0.3 is 25.8 Å². The molecule has 170 valence electrons. The summed E-state index contributed by atoms with van der Waals surface area (Å²) < 4.78 is 19.5. The third-order valence-corrected chi connectivity index (χ3v) is 5.42. The summed E-state index contributed by atoms with van der Waals surface area (Å²) in [7, 11) is 0. The molecule has 9 heteroatoms. The van der Waals surface area contributed by atoms with E-state index >= 15 is 0 Å². The molecule has 1 aromatic carbocycles. The fraction of sp³-hybridized carbons (Fsp3) is 0.500. The topological polar surface area (TPSA) is 99.7 Å². The van der Waals surface area contributed by atoms with Gasteiger partial charge in [-0.05, 0) is 48.8 Å². The lowest BCUT2D eigenvalue weighted by atomic mass is 9.87. The van der Waals surface area contributed by atoms with Gasteiger partial charge in [0.05, 0.1) is 24.3 Å². The molecule has 0 unspecified atom stereocenters. The Hall–Kier alpha value is -2.52. The number of carboxylic acids is 1. The average molecular weight is 452 g/mol. The molecule has 0 saturated heterocycles. The smallest absolute Gasteiger partial charge is 0.331 e. The first kappa shape index (κ1) is 24.7. The number of nitrogens with one attached hydrogen (secondary N) is 3. The van der Waals surface area contributed by atoms with Gasteiger partial charge in [0.1, 0.15) is 5.82 Å². The van der Waals surface area contributed by atoms with Crippen LogP contribution < -0.4 is 16.0 Å². The van der Waals surface area contributed by atoms with Crippen LogP contribution in [0.15, 0.2) is 35.9 Å². The van der Waals surface area contributed by atoms with Crippen molar-refractivity contribution in [2.45, 2.75) is 70.9 Å². The summed E-state index contributed by atoms with van der Waals surface area (Å²) in [6.07, 6.45) is 2.58. The molecule has 0 aliphatic heterocycles. The summed E-state index contributed by atoms with van der Waals surface area (Å²) in [4.78, 5) is 23.6. The van der Waals surface area contributed by atoms with Crippen LogP contribution in [-0.2, 0) is 20.9 Å². The van der Waals surface area contributed by atoms with Crippen molar-refractivity contribution >= 4 is 29.2 Å². The van der Waals surface area contributed by atoms with Gasteiger partial charge in [-0.2, -0.15) is 0 Å². The van der Waals surface area contributed by atoms with Crippen molar-refractivity contribution in [2.24, 2.45) is 0 Å². The van der Waals surface area contributed by atoms with Crippen LogP contribution in [0.5, 0.6) is 0 Å². The van der Waals surface area contributed by atoms with E-state index in [1.54, 1.807) is 18.2 Å². The molecule has 7 nitrogen and oxygen atoms in total. The second-order valence-electron chi connectivity index (χ2n) is 7.53. The second-order valence-corrected chi connectivity index (χ2v) is 7.94. The number of aliphatic carboxylic acids is 1. The van der Waals surface area contributed by atoms with Crippen molar-refractivity contribution in [3.05, 3.63) is 47.3 Å². The monoisotopic (exact) mass is 451 g/mol. The Kier molecular flexibility index (Phi) is 9.39. The number of carboxylic acid groups (broad SMARTS) is 1. The number of amides is 1. The number of carbonyl (C=O) groups is 2.